The van der Waals surface area contributed by atoms with Crippen molar-refractivity contribution in [2.75, 3.05) is 0 Å². The highest BCUT2D eigenvalue weighted by atomic mass is 79.9. The molecule has 1 saturated carbocycles. The van der Waals surface area contributed by atoms with Crippen LogP contribution in [0.5, 0.6) is 0 Å². The van der Waals surface area contributed by atoms with E-state index in [2.05, 4.69) is 21.2 Å². The quantitative estimate of drug-likeness (QED) is 0.888. The van der Waals surface area contributed by atoms with Crippen LogP contribution in [0.3, 0.4) is 0 Å². The molecule has 2 amide bonds. The third-order valence-electron chi connectivity index (χ3n) is 3.83. The van der Waals surface area contributed by atoms with E-state index in [4.69, 9.17) is 5.73 Å². The molecule has 4 nitrogen and oxygen atoms in total. The Morgan fingerprint density at radius 1 is 1.25 bits per heavy atom. The van der Waals surface area contributed by atoms with E-state index < -0.39 is 0 Å². The molecule has 0 aliphatic heterocycles. The number of carbonyl (C=O) groups excluding carboxylic acids is 2. The van der Waals surface area contributed by atoms with Gasteiger partial charge < -0.3 is 11.1 Å². The third-order valence-corrected chi connectivity index (χ3v) is 4.49. The number of primary amides is 1. The fourth-order valence-corrected chi connectivity index (χ4v) is 3.26. The van der Waals surface area contributed by atoms with Crippen LogP contribution in [-0.4, -0.2) is 17.9 Å². The lowest BCUT2D eigenvalue weighted by Crippen LogP contribution is -2.39. The minimum Gasteiger partial charge on any atom is -0.369 e. The largest absolute Gasteiger partial charge is 0.369 e. The zero-order chi connectivity index (χ0) is 14.7. The van der Waals surface area contributed by atoms with Gasteiger partial charge in [-0.1, -0.05) is 6.07 Å². The summed E-state index contributed by atoms with van der Waals surface area (Å²) in [6.07, 6.45) is 3.14. The standard InChI is InChI=1S/C15H19BrN2O2/c1-9-2-7-12(13(16)8-9)15(20)18-11-5-3-10(4-6-11)14(17)19/h2,7-8,10-11H,3-6H2,1H3,(H2,17,19)(H,18,20). The van der Waals surface area contributed by atoms with Crippen molar-refractivity contribution in [3.63, 3.8) is 0 Å². The van der Waals surface area contributed by atoms with Gasteiger partial charge in [0, 0.05) is 16.4 Å². The average Bonchev–Trinajstić information content (AvgIpc) is 2.39. The third kappa shape index (κ3) is 3.60. The number of nitrogens with one attached hydrogen (secondary N) is 1. The summed E-state index contributed by atoms with van der Waals surface area (Å²) < 4.78 is 0.806. The summed E-state index contributed by atoms with van der Waals surface area (Å²) in [6, 6.07) is 5.80. The van der Waals surface area contributed by atoms with Crippen molar-refractivity contribution in [1.82, 2.24) is 5.32 Å². The summed E-state index contributed by atoms with van der Waals surface area (Å²) in [5, 5.41) is 3.03. The zero-order valence-electron chi connectivity index (χ0n) is 11.5. The summed E-state index contributed by atoms with van der Waals surface area (Å²) in [6.45, 7) is 1.98. The summed E-state index contributed by atoms with van der Waals surface area (Å²) in [4.78, 5) is 23.3. The molecular formula is C15H19BrN2O2. The lowest BCUT2D eigenvalue weighted by molar-refractivity contribution is -0.122. The number of nitrogens with two attached hydrogens (primary N) is 1. The van der Waals surface area contributed by atoms with Crippen LogP contribution >= 0.6 is 15.9 Å². The highest BCUT2D eigenvalue weighted by Gasteiger charge is 2.26. The molecule has 0 atom stereocenters. The predicted molar refractivity (Wildman–Crippen MR) is 81.3 cm³/mol. The van der Waals surface area contributed by atoms with E-state index >= 15 is 0 Å². The van der Waals surface area contributed by atoms with Gasteiger partial charge in [0.2, 0.25) is 5.91 Å². The van der Waals surface area contributed by atoms with Gasteiger partial charge >= 0.3 is 0 Å². The first kappa shape index (κ1) is 15.0. The molecule has 0 saturated heterocycles. The van der Waals surface area contributed by atoms with E-state index in [9.17, 15) is 9.59 Å². The van der Waals surface area contributed by atoms with Crippen LogP contribution in [0, 0.1) is 12.8 Å². The second kappa shape index (κ2) is 6.39. The van der Waals surface area contributed by atoms with Crippen LogP contribution < -0.4 is 11.1 Å². The van der Waals surface area contributed by atoms with Gasteiger partial charge in [-0.05, 0) is 66.2 Å². The van der Waals surface area contributed by atoms with E-state index in [1.165, 1.54) is 0 Å². The second-order valence-electron chi connectivity index (χ2n) is 5.41. The molecule has 0 aromatic heterocycles. The Kier molecular flexibility index (Phi) is 4.81. The zero-order valence-corrected chi connectivity index (χ0v) is 13.1. The lowest BCUT2D eigenvalue weighted by atomic mass is 9.85. The number of benzene rings is 1. The van der Waals surface area contributed by atoms with Gasteiger partial charge in [-0.25, -0.2) is 0 Å². The highest BCUT2D eigenvalue weighted by Crippen LogP contribution is 2.25. The second-order valence-corrected chi connectivity index (χ2v) is 6.26. The topological polar surface area (TPSA) is 72.2 Å². The lowest BCUT2D eigenvalue weighted by Gasteiger charge is -2.27. The smallest absolute Gasteiger partial charge is 0.252 e. The Labute approximate surface area is 127 Å². The number of hydrogen-bond donors (Lipinski definition) is 2. The molecule has 0 spiro atoms. The van der Waals surface area contributed by atoms with Crippen molar-refractivity contribution >= 4 is 27.7 Å². The molecule has 108 valence electrons. The molecule has 1 aromatic rings. The summed E-state index contributed by atoms with van der Waals surface area (Å²) in [5.74, 6) is -0.329. The van der Waals surface area contributed by atoms with Crippen molar-refractivity contribution in [3.05, 3.63) is 33.8 Å². The first-order valence-electron chi connectivity index (χ1n) is 6.83. The van der Waals surface area contributed by atoms with Gasteiger partial charge in [0.15, 0.2) is 0 Å². The minimum atomic E-state index is -0.226. The molecule has 0 unspecified atom stereocenters. The maximum atomic E-state index is 12.2. The molecule has 2 rings (SSSR count). The van der Waals surface area contributed by atoms with Gasteiger partial charge in [-0.2, -0.15) is 0 Å². The number of rotatable bonds is 3. The van der Waals surface area contributed by atoms with Crippen LogP contribution in [0.15, 0.2) is 22.7 Å². The molecular weight excluding hydrogens is 320 g/mol. The molecule has 3 N–H and O–H groups in total. The molecule has 1 aliphatic carbocycles. The SMILES string of the molecule is Cc1ccc(C(=O)NC2CCC(C(N)=O)CC2)c(Br)c1. The molecule has 20 heavy (non-hydrogen) atoms. The summed E-state index contributed by atoms with van der Waals surface area (Å²) in [5.41, 5.74) is 7.06. The molecule has 5 heteroatoms. The van der Waals surface area contributed by atoms with Crippen LogP contribution in [-0.2, 0) is 4.79 Å². The number of amides is 2. The van der Waals surface area contributed by atoms with E-state index in [1.807, 2.05) is 25.1 Å². The van der Waals surface area contributed by atoms with Crippen molar-refractivity contribution < 1.29 is 9.59 Å². The molecule has 0 radical (unpaired) electrons. The Hall–Kier alpha value is -1.36. The van der Waals surface area contributed by atoms with E-state index in [0.29, 0.717) is 5.56 Å². The van der Waals surface area contributed by atoms with Crippen LogP contribution in [0.2, 0.25) is 0 Å². The fourth-order valence-electron chi connectivity index (χ4n) is 2.59. The van der Waals surface area contributed by atoms with Gasteiger partial charge in [-0.15, -0.1) is 0 Å². The minimum absolute atomic E-state index is 0.0331. The number of hydrogen-bond acceptors (Lipinski definition) is 2. The Bertz CT molecular complexity index is 523. The Morgan fingerprint density at radius 3 is 2.45 bits per heavy atom. The van der Waals surface area contributed by atoms with E-state index in [0.717, 1.165) is 35.7 Å². The maximum Gasteiger partial charge on any atom is 0.252 e. The first-order chi connectivity index (χ1) is 9.47. The Morgan fingerprint density at radius 2 is 1.90 bits per heavy atom. The van der Waals surface area contributed by atoms with Gasteiger partial charge in [-0.3, -0.25) is 9.59 Å². The van der Waals surface area contributed by atoms with Gasteiger partial charge in [0.05, 0.1) is 5.56 Å². The first-order valence-corrected chi connectivity index (χ1v) is 7.63. The maximum absolute atomic E-state index is 12.2. The molecule has 0 bridgehead atoms. The van der Waals surface area contributed by atoms with Crippen LogP contribution in [0.4, 0.5) is 0 Å². The summed E-state index contributed by atoms with van der Waals surface area (Å²) in [7, 11) is 0. The normalized spacial score (nSPS) is 22.3. The number of aryl methyl sites for hydroxylation is 1. The Balaban J connectivity index is 1.94. The summed E-state index contributed by atoms with van der Waals surface area (Å²) >= 11 is 3.42. The van der Waals surface area contributed by atoms with Gasteiger partial charge in [0.1, 0.15) is 0 Å². The number of carbonyl (C=O) groups is 2. The van der Waals surface area contributed by atoms with Crippen molar-refractivity contribution in [2.45, 2.75) is 38.6 Å². The van der Waals surface area contributed by atoms with Crippen molar-refractivity contribution in [3.8, 4) is 0 Å². The number of halogens is 1. The van der Waals surface area contributed by atoms with Crippen molar-refractivity contribution in [1.29, 1.82) is 0 Å². The molecule has 1 aromatic carbocycles. The molecule has 1 fully saturated rings. The highest BCUT2D eigenvalue weighted by molar-refractivity contribution is 9.10. The van der Waals surface area contributed by atoms with Crippen LogP contribution in [0.25, 0.3) is 0 Å². The molecule has 0 heterocycles. The van der Waals surface area contributed by atoms with E-state index in [-0.39, 0.29) is 23.8 Å². The molecule has 1 aliphatic rings. The van der Waals surface area contributed by atoms with Gasteiger partial charge in [0.25, 0.3) is 5.91 Å². The van der Waals surface area contributed by atoms with E-state index in [1.54, 1.807) is 0 Å². The van der Waals surface area contributed by atoms with Crippen molar-refractivity contribution in [2.24, 2.45) is 11.7 Å². The predicted octanol–water partition coefficient (Wildman–Crippen LogP) is 2.53. The van der Waals surface area contributed by atoms with Crippen LogP contribution in [0.1, 0.15) is 41.6 Å². The average molecular weight is 339 g/mol. The fraction of sp³-hybridized carbons (Fsp3) is 0.467. The monoisotopic (exact) mass is 338 g/mol.